The van der Waals surface area contributed by atoms with Crippen molar-refractivity contribution in [3.63, 3.8) is 0 Å². The zero-order chi connectivity index (χ0) is 29.8. The SMILES string of the molecule is C=CCOc1c(Br)cc(/C=c2/sc3n(c2=O)[C@H](c2ccc(OC(C)C)c(OC)c2)C(C(=O)OCC)=C(C)N=3)cc1Br. The molecule has 2 heterocycles. The van der Waals surface area contributed by atoms with E-state index >= 15 is 0 Å². The quantitative estimate of drug-likeness (QED) is 0.199. The highest BCUT2D eigenvalue weighted by molar-refractivity contribution is 9.11. The molecule has 0 unspecified atom stereocenters. The summed E-state index contributed by atoms with van der Waals surface area (Å²) in [5.74, 6) is 1.16. The first-order valence-corrected chi connectivity index (χ1v) is 15.3. The van der Waals surface area contributed by atoms with E-state index in [4.69, 9.17) is 18.9 Å². The van der Waals surface area contributed by atoms with Crippen molar-refractivity contribution in [3.8, 4) is 17.2 Å². The third-order valence-corrected chi connectivity index (χ3v) is 8.21. The lowest BCUT2D eigenvalue weighted by Gasteiger charge is -2.25. The second kappa shape index (κ2) is 13.2. The second-order valence-electron chi connectivity index (χ2n) is 9.29. The number of rotatable bonds is 10. The topological polar surface area (TPSA) is 88.3 Å². The van der Waals surface area contributed by atoms with Crippen LogP contribution < -0.4 is 29.1 Å². The zero-order valence-corrected chi connectivity index (χ0v) is 27.3. The summed E-state index contributed by atoms with van der Waals surface area (Å²) >= 11 is 8.35. The Labute approximate surface area is 258 Å². The first kappa shape index (κ1) is 30.8. The minimum absolute atomic E-state index is 0.0626. The van der Waals surface area contributed by atoms with E-state index in [0.717, 1.165) is 14.5 Å². The fourth-order valence-corrected chi connectivity index (χ4v) is 6.90. The zero-order valence-electron chi connectivity index (χ0n) is 23.3. The van der Waals surface area contributed by atoms with Crippen molar-refractivity contribution in [3.05, 3.63) is 94.0 Å². The van der Waals surface area contributed by atoms with Gasteiger partial charge in [-0.15, -0.1) is 0 Å². The predicted molar refractivity (Wildman–Crippen MR) is 167 cm³/mol. The van der Waals surface area contributed by atoms with E-state index in [0.29, 0.717) is 50.0 Å². The number of ether oxygens (including phenoxy) is 4. The molecule has 1 aliphatic rings. The average Bonchev–Trinajstić information content (AvgIpc) is 3.21. The van der Waals surface area contributed by atoms with Crippen LogP contribution in [-0.4, -0.2) is 37.0 Å². The van der Waals surface area contributed by atoms with Crippen LogP contribution in [0.3, 0.4) is 0 Å². The normalized spacial score (nSPS) is 14.9. The van der Waals surface area contributed by atoms with Gasteiger partial charge in [0, 0.05) is 0 Å². The molecule has 0 radical (unpaired) electrons. The fraction of sp³-hybridized carbons (Fsp3) is 0.300. The van der Waals surface area contributed by atoms with Gasteiger partial charge in [0.25, 0.3) is 5.56 Å². The highest BCUT2D eigenvalue weighted by Gasteiger charge is 2.34. The van der Waals surface area contributed by atoms with Gasteiger partial charge in [0.15, 0.2) is 16.3 Å². The van der Waals surface area contributed by atoms with Gasteiger partial charge in [-0.25, -0.2) is 9.79 Å². The molecule has 4 rings (SSSR count). The molecular formula is C30H30Br2N2O6S. The van der Waals surface area contributed by atoms with E-state index in [1.807, 2.05) is 32.0 Å². The molecule has 11 heteroatoms. The molecule has 0 aliphatic carbocycles. The van der Waals surface area contributed by atoms with Gasteiger partial charge in [0.2, 0.25) is 0 Å². The number of methoxy groups -OCH3 is 1. The molecule has 0 saturated heterocycles. The van der Waals surface area contributed by atoms with Crippen molar-refractivity contribution < 1.29 is 23.7 Å². The van der Waals surface area contributed by atoms with E-state index < -0.39 is 12.0 Å². The lowest BCUT2D eigenvalue weighted by atomic mass is 9.95. The van der Waals surface area contributed by atoms with Crippen LogP contribution in [0.2, 0.25) is 0 Å². The standard InChI is InChI=1S/C30H30Br2N2O6S/c1-7-11-39-27-20(31)12-18(13-21(27)32)14-24-28(35)34-26(19-9-10-22(40-16(3)4)23(15-19)37-6)25(29(36)38-8-2)17(5)33-30(34)41-24/h7,9-10,12-16,26H,1,8,11H2,2-6H3/b24-14+/t26-/m1/s1. The minimum atomic E-state index is -0.775. The van der Waals surface area contributed by atoms with E-state index in [-0.39, 0.29) is 18.3 Å². The number of carbonyl (C=O) groups is 1. The highest BCUT2D eigenvalue weighted by atomic mass is 79.9. The van der Waals surface area contributed by atoms with Crippen molar-refractivity contribution in [1.82, 2.24) is 4.57 Å². The predicted octanol–water partition coefficient (Wildman–Crippen LogP) is 5.68. The van der Waals surface area contributed by atoms with Gasteiger partial charge in [-0.3, -0.25) is 9.36 Å². The molecule has 8 nitrogen and oxygen atoms in total. The summed E-state index contributed by atoms with van der Waals surface area (Å²) in [5.41, 5.74) is 1.93. The Morgan fingerprint density at radius 2 is 1.90 bits per heavy atom. The number of esters is 1. The van der Waals surface area contributed by atoms with Crippen LogP contribution >= 0.6 is 43.2 Å². The van der Waals surface area contributed by atoms with Crippen LogP contribution in [0.5, 0.6) is 17.2 Å². The summed E-state index contributed by atoms with van der Waals surface area (Å²) in [6.07, 6.45) is 3.39. The van der Waals surface area contributed by atoms with Gasteiger partial charge in [-0.2, -0.15) is 0 Å². The number of thiazole rings is 1. The van der Waals surface area contributed by atoms with E-state index in [2.05, 4.69) is 43.4 Å². The highest BCUT2D eigenvalue weighted by Crippen LogP contribution is 2.37. The van der Waals surface area contributed by atoms with Crippen LogP contribution in [0.4, 0.5) is 0 Å². The molecule has 2 aromatic carbocycles. The van der Waals surface area contributed by atoms with Crippen molar-refractivity contribution in [2.75, 3.05) is 20.3 Å². The van der Waals surface area contributed by atoms with Crippen LogP contribution in [0, 0.1) is 0 Å². The molecule has 0 amide bonds. The van der Waals surface area contributed by atoms with Crippen LogP contribution in [0.15, 0.2) is 73.0 Å². The summed E-state index contributed by atoms with van der Waals surface area (Å²) in [5, 5.41) is 0. The summed E-state index contributed by atoms with van der Waals surface area (Å²) < 4.78 is 26.1. The maximum absolute atomic E-state index is 14.0. The van der Waals surface area contributed by atoms with Gasteiger partial charge in [0.05, 0.1) is 50.6 Å². The average molecular weight is 706 g/mol. The third kappa shape index (κ3) is 6.52. The number of halogens is 2. The molecule has 3 aromatic rings. The van der Waals surface area contributed by atoms with Gasteiger partial charge in [0.1, 0.15) is 12.4 Å². The lowest BCUT2D eigenvalue weighted by molar-refractivity contribution is -0.139. The molecule has 41 heavy (non-hydrogen) atoms. The number of fused-ring (bicyclic) bond motifs is 1. The Kier molecular flexibility index (Phi) is 9.93. The molecule has 0 N–H and O–H groups in total. The Balaban J connectivity index is 1.91. The number of benzene rings is 2. The van der Waals surface area contributed by atoms with Crippen molar-refractivity contribution in [1.29, 1.82) is 0 Å². The smallest absolute Gasteiger partial charge is 0.338 e. The van der Waals surface area contributed by atoms with E-state index in [1.165, 1.54) is 11.3 Å². The van der Waals surface area contributed by atoms with Gasteiger partial charge < -0.3 is 18.9 Å². The monoisotopic (exact) mass is 704 g/mol. The number of aromatic nitrogens is 1. The first-order chi connectivity index (χ1) is 19.6. The Bertz CT molecular complexity index is 1680. The van der Waals surface area contributed by atoms with Crippen LogP contribution in [-0.2, 0) is 9.53 Å². The van der Waals surface area contributed by atoms with Crippen molar-refractivity contribution in [2.45, 2.75) is 39.8 Å². The summed E-state index contributed by atoms with van der Waals surface area (Å²) in [6, 6.07) is 8.36. The first-order valence-electron chi connectivity index (χ1n) is 12.9. The molecule has 1 atom stereocenters. The summed E-state index contributed by atoms with van der Waals surface area (Å²) in [4.78, 5) is 32.3. The molecule has 1 aliphatic heterocycles. The van der Waals surface area contributed by atoms with Gasteiger partial charge in [-0.1, -0.05) is 30.1 Å². The number of hydrogen-bond acceptors (Lipinski definition) is 8. The Morgan fingerprint density at radius 3 is 2.51 bits per heavy atom. The van der Waals surface area contributed by atoms with Crippen molar-refractivity contribution >= 4 is 55.2 Å². The lowest BCUT2D eigenvalue weighted by Crippen LogP contribution is -2.40. The molecule has 1 aromatic heterocycles. The third-order valence-electron chi connectivity index (χ3n) is 6.05. The van der Waals surface area contributed by atoms with Crippen LogP contribution in [0.1, 0.15) is 44.9 Å². The maximum Gasteiger partial charge on any atom is 0.338 e. The van der Waals surface area contributed by atoms with Gasteiger partial charge in [-0.05, 0) is 101 Å². The Hall–Kier alpha value is -3.15. The maximum atomic E-state index is 14.0. The number of allylic oxidation sites excluding steroid dienone is 1. The van der Waals surface area contributed by atoms with Gasteiger partial charge >= 0.3 is 5.97 Å². The second-order valence-corrected chi connectivity index (χ2v) is 12.0. The minimum Gasteiger partial charge on any atom is -0.493 e. The molecule has 0 saturated carbocycles. The molecule has 216 valence electrons. The number of hydrogen-bond donors (Lipinski definition) is 0. The fourth-order valence-electron chi connectivity index (χ4n) is 4.41. The van der Waals surface area contributed by atoms with E-state index in [9.17, 15) is 9.59 Å². The number of carbonyl (C=O) groups excluding carboxylic acids is 1. The summed E-state index contributed by atoms with van der Waals surface area (Å²) in [6.45, 7) is 11.6. The Morgan fingerprint density at radius 1 is 1.20 bits per heavy atom. The molecule has 0 spiro atoms. The van der Waals surface area contributed by atoms with Crippen LogP contribution in [0.25, 0.3) is 6.08 Å². The van der Waals surface area contributed by atoms with Crippen molar-refractivity contribution in [2.24, 2.45) is 4.99 Å². The molecular weight excluding hydrogens is 676 g/mol. The molecule has 0 fully saturated rings. The molecule has 0 bridgehead atoms. The summed E-state index contributed by atoms with van der Waals surface area (Å²) in [7, 11) is 1.55. The number of nitrogens with zero attached hydrogens (tertiary/aromatic N) is 2. The van der Waals surface area contributed by atoms with E-state index in [1.54, 1.807) is 49.8 Å². The largest absolute Gasteiger partial charge is 0.493 e.